The summed E-state index contributed by atoms with van der Waals surface area (Å²) < 4.78 is 31.7. The maximum atomic E-state index is 13.2. The second kappa shape index (κ2) is 7.15. The predicted octanol–water partition coefficient (Wildman–Crippen LogP) is 4.41. The van der Waals surface area contributed by atoms with E-state index >= 15 is 0 Å². The molecule has 0 aliphatic rings. The van der Waals surface area contributed by atoms with Gasteiger partial charge in [-0.2, -0.15) is 0 Å². The molecule has 0 atom stereocenters. The molecule has 130 valence electrons. The maximum Gasteiger partial charge on any atom is 0.410 e. The second-order valence-electron chi connectivity index (χ2n) is 7.39. The number of hydrogen-bond acceptors (Lipinski definition) is 3. The number of benzene rings is 1. The van der Waals surface area contributed by atoms with Gasteiger partial charge in [-0.1, -0.05) is 0 Å². The van der Waals surface area contributed by atoms with Crippen molar-refractivity contribution in [2.24, 2.45) is 0 Å². The van der Waals surface area contributed by atoms with Crippen molar-refractivity contribution in [3.63, 3.8) is 0 Å². The van der Waals surface area contributed by atoms with Gasteiger partial charge >= 0.3 is 6.09 Å². The van der Waals surface area contributed by atoms with Crippen molar-refractivity contribution >= 4 is 11.8 Å². The highest BCUT2D eigenvalue weighted by molar-refractivity contribution is 5.69. The molecule has 0 radical (unpaired) electrons. The minimum atomic E-state index is -0.646. The fourth-order valence-corrected chi connectivity index (χ4v) is 1.99. The van der Waals surface area contributed by atoms with Crippen LogP contribution in [0.1, 0.15) is 41.5 Å². The monoisotopic (exact) mass is 328 g/mol. The van der Waals surface area contributed by atoms with Crippen LogP contribution in [0.25, 0.3) is 0 Å². The molecule has 0 fully saturated rings. The first-order valence-electron chi connectivity index (χ1n) is 7.59. The summed E-state index contributed by atoms with van der Waals surface area (Å²) in [5.74, 6) is -1.29. The summed E-state index contributed by atoms with van der Waals surface area (Å²) in [6.45, 7) is 11.8. The molecular weight excluding hydrogens is 302 g/mol. The Hall–Kier alpha value is -1.85. The van der Waals surface area contributed by atoms with E-state index in [4.69, 9.17) is 4.74 Å². The van der Waals surface area contributed by atoms with Crippen molar-refractivity contribution in [3.05, 3.63) is 29.8 Å². The van der Waals surface area contributed by atoms with Crippen LogP contribution in [0.15, 0.2) is 18.2 Å². The molecule has 1 aromatic carbocycles. The summed E-state index contributed by atoms with van der Waals surface area (Å²) in [5, 5.41) is 2.92. The van der Waals surface area contributed by atoms with Crippen LogP contribution in [-0.4, -0.2) is 35.2 Å². The average Bonchev–Trinajstić information content (AvgIpc) is 2.29. The lowest BCUT2D eigenvalue weighted by Gasteiger charge is -2.37. The lowest BCUT2D eigenvalue weighted by molar-refractivity contribution is 0.00749. The van der Waals surface area contributed by atoms with Gasteiger partial charge in [-0.25, -0.2) is 13.6 Å². The first-order chi connectivity index (χ1) is 10.4. The number of carbonyl (C=O) groups is 1. The summed E-state index contributed by atoms with van der Waals surface area (Å²) in [7, 11) is 0. The Balaban J connectivity index is 2.70. The van der Waals surface area contributed by atoms with Crippen LogP contribution in [0.3, 0.4) is 0 Å². The molecule has 0 saturated carbocycles. The Morgan fingerprint density at radius 1 is 1.09 bits per heavy atom. The third kappa shape index (κ3) is 6.84. The number of ether oxygens (including phenoxy) is 1. The first-order valence-corrected chi connectivity index (χ1v) is 7.59. The molecule has 0 saturated heterocycles. The fourth-order valence-electron chi connectivity index (χ4n) is 1.99. The largest absolute Gasteiger partial charge is 0.444 e. The van der Waals surface area contributed by atoms with Gasteiger partial charge in [0, 0.05) is 30.4 Å². The van der Waals surface area contributed by atoms with Gasteiger partial charge in [-0.05, 0) is 53.7 Å². The molecule has 23 heavy (non-hydrogen) atoms. The van der Waals surface area contributed by atoms with E-state index in [0.717, 1.165) is 6.07 Å². The highest BCUT2D eigenvalue weighted by atomic mass is 19.1. The van der Waals surface area contributed by atoms with Gasteiger partial charge in [0.05, 0.1) is 0 Å². The van der Waals surface area contributed by atoms with Crippen LogP contribution >= 0.6 is 0 Å². The normalized spacial score (nSPS) is 12.0. The summed E-state index contributed by atoms with van der Waals surface area (Å²) in [5.41, 5.74) is -0.683. The van der Waals surface area contributed by atoms with E-state index < -0.39 is 28.9 Å². The summed E-state index contributed by atoms with van der Waals surface area (Å²) in [6, 6.07) is 3.23. The van der Waals surface area contributed by atoms with Crippen LogP contribution < -0.4 is 5.32 Å². The zero-order chi connectivity index (χ0) is 17.8. The van der Waals surface area contributed by atoms with E-state index in [-0.39, 0.29) is 0 Å². The number of nitrogens with one attached hydrogen (secondary N) is 1. The van der Waals surface area contributed by atoms with Crippen molar-refractivity contribution in [3.8, 4) is 0 Å². The third-order valence-electron chi connectivity index (χ3n) is 2.95. The van der Waals surface area contributed by atoms with Crippen molar-refractivity contribution < 1.29 is 18.3 Å². The highest BCUT2D eigenvalue weighted by Crippen LogP contribution is 2.19. The van der Waals surface area contributed by atoms with Crippen molar-refractivity contribution in [2.75, 3.05) is 18.4 Å². The molecule has 0 spiro atoms. The summed E-state index contributed by atoms with van der Waals surface area (Å²) in [6.07, 6.45) is -0.419. The van der Waals surface area contributed by atoms with E-state index in [1.165, 1.54) is 12.1 Å². The van der Waals surface area contributed by atoms with Crippen molar-refractivity contribution in [1.82, 2.24) is 4.90 Å². The molecule has 0 heterocycles. The lowest BCUT2D eigenvalue weighted by Crippen LogP contribution is -2.49. The Labute approximate surface area is 136 Å². The Morgan fingerprint density at radius 3 is 2.04 bits per heavy atom. The van der Waals surface area contributed by atoms with Crippen molar-refractivity contribution in [2.45, 2.75) is 52.7 Å². The highest BCUT2D eigenvalue weighted by Gasteiger charge is 2.30. The van der Waals surface area contributed by atoms with Crippen LogP contribution in [-0.2, 0) is 4.74 Å². The summed E-state index contributed by atoms with van der Waals surface area (Å²) in [4.78, 5) is 13.9. The quantitative estimate of drug-likeness (QED) is 0.890. The molecule has 6 heteroatoms. The molecule has 1 N–H and O–H groups in total. The minimum absolute atomic E-state index is 0.334. The molecule has 4 nitrogen and oxygen atoms in total. The molecule has 0 unspecified atom stereocenters. The van der Waals surface area contributed by atoms with E-state index in [2.05, 4.69) is 5.32 Å². The van der Waals surface area contributed by atoms with Crippen molar-refractivity contribution in [1.29, 1.82) is 0 Å². The number of halogens is 2. The van der Waals surface area contributed by atoms with Gasteiger partial charge in [0.2, 0.25) is 0 Å². The van der Waals surface area contributed by atoms with E-state index in [9.17, 15) is 13.6 Å². The zero-order valence-corrected chi connectivity index (χ0v) is 14.7. The van der Waals surface area contributed by atoms with Gasteiger partial charge in [0.15, 0.2) is 0 Å². The molecular formula is C17H26F2N2O2. The minimum Gasteiger partial charge on any atom is -0.444 e. The Morgan fingerprint density at radius 2 is 1.61 bits per heavy atom. The third-order valence-corrected chi connectivity index (χ3v) is 2.95. The molecule has 1 rings (SSSR count). The molecule has 1 amide bonds. The predicted molar refractivity (Wildman–Crippen MR) is 87.5 cm³/mol. The Kier molecular flexibility index (Phi) is 5.97. The summed E-state index contributed by atoms with van der Waals surface area (Å²) >= 11 is 0. The number of anilines is 1. The maximum absolute atomic E-state index is 13.2. The van der Waals surface area contributed by atoms with Crippen LogP contribution in [0.2, 0.25) is 0 Å². The smallest absolute Gasteiger partial charge is 0.410 e. The topological polar surface area (TPSA) is 41.6 Å². The number of amides is 1. The Bertz CT molecular complexity index is 528. The average molecular weight is 328 g/mol. The van der Waals surface area contributed by atoms with Crippen LogP contribution in [0, 0.1) is 11.6 Å². The molecule has 1 aromatic rings. The van der Waals surface area contributed by atoms with Gasteiger partial charge in [-0.15, -0.1) is 0 Å². The van der Waals surface area contributed by atoms with Gasteiger partial charge in [0.1, 0.15) is 17.2 Å². The molecule has 0 aromatic heterocycles. The van der Waals surface area contributed by atoms with Crippen LogP contribution in [0.4, 0.5) is 19.3 Å². The zero-order valence-electron chi connectivity index (χ0n) is 14.7. The van der Waals surface area contributed by atoms with E-state index in [1.807, 2.05) is 20.8 Å². The fraction of sp³-hybridized carbons (Fsp3) is 0.588. The molecule has 0 aliphatic heterocycles. The lowest BCUT2D eigenvalue weighted by atomic mass is 10.1. The standard InChI is InChI=1S/C17H26F2N2O2/c1-16(2,3)21(15(22)23-17(4,5)6)8-7-20-14-10-12(18)9-13(19)11-14/h9-11,20H,7-8H2,1-6H3. The molecule has 0 bridgehead atoms. The number of carbonyl (C=O) groups excluding carboxylic acids is 1. The second-order valence-corrected chi connectivity index (χ2v) is 7.39. The number of nitrogens with zero attached hydrogens (tertiary/aromatic N) is 1. The van der Waals surface area contributed by atoms with E-state index in [0.29, 0.717) is 18.8 Å². The van der Waals surface area contributed by atoms with Crippen LogP contribution in [0.5, 0.6) is 0 Å². The number of rotatable bonds is 4. The van der Waals surface area contributed by atoms with E-state index in [1.54, 1.807) is 25.7 Å². The van der Waals surface area contributed by atoms with Gasteiger partial charge in [-0.3, -0.25) is 0 Å². The molecule has 0 aliphatic carbocycles. The number of hydrogen-bond donors (Lipinski definition) is 1. The van der Waals surface area contributed by atoms with Gasteiger partial charge < -0.3 is 15.0 Å². The first kappa shape index (κ1) is 19.2. The van der Waals surface area contributed by atoms with Gasteiger partial charge in [0.25, 0.3) is 0 Å². The SMILES string of the molecule is CC(C)(C)OC(=O)N(CCNc1cc(F)cc(F)c1)C(C)(C)C.